The molecule has 0 unspecified atom stereocenters. The van der Waals surface area contributed by atoms with E-state index >= 15 is 0 Å². The van der Waals surface area contributed by atoms with Crippen molar-refractivity contribution in [1.29, 1.82) is 0 Å². The molecule has 1 aliphatic heterocycles. The molecule has 2 aromatic rings. The smallest absolute Gasteiger partial charge is 0.129 e. The van der Waals surface area contributed by atoms with Crippen LogP contribution in [-0.4, -0.2) is 22.1 Å². The molecule has 1 fully saturated rings. The molecule has 2 heterocycles. The predicted octanol–water partition coefficient (Wildman–Crippen LogP) is 2.29. The van der Waals surface area contributed by atoms with Crippen molar-refractivity contribution in [3.8, 4) is 0 Å². The van der Waals surface area contributed by atoms with Crippen LogP contribution in [0, 0.1) is 5.82 Å². The molecule has 110 valence electrons. The number of nitrogens with one attached hydrogen (secondary N) is 1. The van der Waals surface area contributed by atoms with Crippen LogP contribution < -0.4 is 10.2 Å². The molecular weight excluding hydrogens is 267 g/mol. The van der Waals surface area contributed by atoms with Crippen LogP contribution in [0.25, 0.3) is 0 Å². The zero-order valence-electron chi connectivity index (χ0n) is 11.9. The van der Waals surface area contributed by atoms with E-state index in [1.54, 1.807) is 12.1 Å². The summed E-state index contributed by atoms with van der Waals surface area (Å²) in [6.07, 6.45) is 6.27. The molecule has 1 aromatic heterocycles. The first kappa shape index (κ1) is 12.8. The minimum atomic E-state index is -0.116. The van der Waals surface area contributed by atoms with Gasteiger partial charge in [0, 0.05) is 49.3 Å². The number of nitrogens with zero attached hydrogens (tertiary/aromatic N) is 3. The number of imidazole rings is 1. The van der Waals surface area contributed by atoms with Gasteiger partial charge >= 0.3 is 0 Å². The van der Waals surface area contributed by atoms with Gasteiger partial charge in [-0.3, -0.25) is 0 Å². The van der Waals surface area contributed by atoms with Crippen molar-refractivity contribution in [3.05, 3.63) is 47.8 Å². The van der Waals surface area contributed by atoms with E-state index in [1.807, 2.05) is 18.5 Å². The Kier molecular flexibility index (Phi) is 3.15. The molecule has 2 aliphatic rings. The number of fused-ring (bicyclic) bond motifs is 1. The minimum absolute atomic E-state index is 0.116. The highest BCUT2D eigenvalue weighted by atomic mass is 19.1. The normalized spacial score (nSPS) is 17.9. The van der Waals surface area contributed by atoms with Crippen molar-refractivity contribution in [2.45, 2.75) is 38.5 Å². The van der Waals surface area contributed by atoms with Gasteiger partial charge < -0.3 is 14.8 Å². The lowest BCUT2D eigenvalue weighted by Gasteiger charge is -2.31. The summed E-state index contributed by atoms with van der Waals surface area (Å²) in [5.41, 5.74) is 1.78. The second-order valence-corrected chi connectivity index (χ2v) is 5.85. The maximum absolute atomic E-state index is 14.2. The molecular formula is C16H19FN4. The fourth-order valence-electron chi connectivity index (χ4n) is 2.93. The summed E-state index contributed by atoms with van der Waals surface area (Å²) in [5.74, 6) is 0.932. The summed E-state index contributed by atoms with van der Waals surface area (Å²) >= 11 is 0. The van der Waals surface area contributed by atoms with Crippen LogP contribution in [0.5, 0.6) is 0 Å². The molecule has 1 aliphatic carbocycles. The van der Waals surface area contributed by atoms with Crippen LogP contribution >= 0.6 is 0 Å². The molecule has 0 radical (unpaired) electrons. The first-order chi connectivity index (χ1) is 10.3. The Hall–Kier alpha value is -1.88. The second kappa shape index (κ2) is 5.15. The van der Waals surface area contributed by atoms with Crippen LogP contribution in [0.2, 0.25) is 0 Å². The van der Waals surface area contributed by atoms with E-state index < -0.39 is 0 Å². The van der Waals surface area contributed by atoms with Crippen LogP contribution in [0.1, 0.15) is 24.2 Å². The van der Waals surface area contributed by atoms with Gasteiger partial charge in [-0.15, -0.1) is 0 Å². The third kappa shape index (κ3) is 2.53. The molecule has 1 aromatic carbocycles. The van der Waals surface area contributed by atoms with Crippen molar-refractivity contribution in [2.75, 3.05) is 11.4 Å². The van der Waals surface area contributed by atoms with E-state index in [1.165, 1.54) is 12.8 Å². The van der Waals surface area contributed by atoms with Crippen molar-refractivity contribution >= 4 is 5.69 Å². The highest BCUT2D eigenvalue weighted by molar-refractivity contribution is 5.54. The molecule has 0 amide bonds. The molecule has 0 saturated heterocycles. The number of anilines is 1. The first-order valence-corrected chi connectivity index (χ1v) is 7.57. The van der Waals surface area contributed by atoms with Gasteiger partial charge in [0.2, 0.25) is 0 Å². The van der Waals surface area contributed by atoms with Crippen molar-refractivity contribution in [3.63, 3.8) is 0 Å². The SMILES string of the molecule is Fc1cccc(N2CCn3ccnc3C2)c1CNC1CC1. The Labute approximate surface area is 123 Å². The lowest BCUT2D eigenvalue weighted by molar-refractivity contribution is 0.548. The third-order valence-electron chi connectivity index (χ3n) is 4.32. The molecule has 0 spiro atoms. The highest BCUT2D eigenvalue weighted by Crippen LogP contribution is 2.28. The number of benzene rings is 1. The fraction of sp³-hybridized carbons (Fsp3) is 0.438. The summed E-state index contributed by atoms with van der Waals surface area (Å²) in [7, 11) is 0. The Morgan fingerprint density at radius 1 is 1.29 bits per heavy atom. The largest absolute Gasteiger partial charge is 0.362 e. The van der Waals surface area contributed by atoms with Crippen LogP contribution in [0.3, 0.4) is 0 Å². The van der Waals surface area contributed by atoms with E-state index in [9.17, 15) is 4.39 Å². The summed E-state index contributed by atoms with van der Waals surface area (Å²) in [4.78, 5) is 6.61. The Balaban J connectivity index is 1.60. The van der Waals surface area contributed by atoms with Crippen molar-refractivity contribution in [2.24, 2.45) is 0 Å². The molecule has 0 bridgehead atoms. The van der Waals surface area contributed by atoms with Gasteiger partial charge in [-0.1, -0.05) is 6.07 Å². The fourth-order valence-corrected chi connectivity index (χ4v) is 2.93. The molecule has 1 N–H and O–H groups in total. The Morgan fingerprint density at radius 2 is 2.19 bits per heavy atom. The van der Waals surface area contributed by atoms with Gasteiger partial charge in [0.05, 0.1) is 6.54 Å². The van der Waals surface area contributed by atoms with E-state index in [0.717, 1.165) is 36.7 Å². The average Bonchev–Trinajstić information content (AvgIpc) is 3.21. The summed E-state index contributed by atoms with van der Waals surface area (Å²) in [6, 6.07) is 5.95. The van der Waals surface area contributed by atoms with Gasteiger partial charge in [-0.2, -0.15) is 0 Å². The Bertz CT molecular complexity index is 647. The zero-order chi connectivity index (χ0) is 14.2. The lowest BCUT2D eigenvalue weighted by atomic mass is 10.1. The van der Waals surface area contributed by atoms with Crippen LogP contribution in [-0.2, 0) is 19.6 Å². The predicted molar refractivity (Wildman–Crippen MR) is 79.5 cm³/mol. The maximum atomic E-state index is 14.2. The lowest BCUT2D eigenvalue weighted by Crippen LogP contribution is -2.34. The van der Waals surface area contributed by atoms with E-state index in [2.05, 4.69) is 19.8 Å². The van der Waals surface area contributed by atoms with Crippen molar-refractivity contribution in [1.82, 2.24) is 14.9 Å². The number of halogens is 1. The van der Waals surface area contributed by atoms with E-state index in [-0.39, 0.29) is 5.82 Å². The van der Waals surface area contributed by atoms with E-state index in [0.29, 0.717) is 12.6 Å². The van der Waals surface area contributed by atoms with Crippen LogP contribution in [0.4, 0.5) is 10.1 Å². The minimum Gasteiger partial charge on any atom is -0.362 e. The second-order valence-electron chi connectivity index (χ2n) is 5.85. The Morgan fingerprint density at radius 3 is 3.05 bits per heavy atom. The summed E-state index contributed by atoms with van der Waals surface area (Å²) in [5, 5.41) is 3.42. The highest BCUT2D eigenvalue weighted by Gasteiger charge is 2.24. The molecule has 21 heavy (non-hydrogen) atoms. The molecule has 5 heteroatoms. The van der Waals surface area contributed by atoms with Gasteiger partial charge in [-0.05, 0) is 25.0 Å². The van der Waals surface area contributed by atoms with Gasteiger partial charge in [0.1, 0.15) is 11.6 Å². The first-order valence-electron chi connectivity index (χ1n) is 7.57. The van der Waals surface area contributed by atoms with Gasteiger partial charge in [-0.25, -0.2) is 9.37 Å². The number of hydrogen-bond donors (Lipinski definition) is 1. The third-order valence-corrected chi connectivity index (χ3v) is 4.32. The monoisotopic (exact) mass is 286 g/mol. The van der Waals surface area contributed by atoms with Crippen LogP contribution in [0.15, 0.2) is 30.6 Å². The molecule has 0 atom stereocenters. The standard InChI is InChI=1S/C16H19FN4/c17-14-2-1-3-15(13(14)10-19-12-4-5-12)21-9-8-20-7-6-18-16(20)11-21/h1-3,6-7,12,19H,4-5,8-11H2. The quantitative estimate of drug-likeness (QED) is 0.936. The summed E-state index contributed by atoms with van der Waals surface area (Å²) < 4.78 is 16.4. The number of rotatable bonds is 4. The summed E-state index contributed by atoms with van der Waals surface area (Å²) in [6.45, 7) is 3.15. The average molecular weight is 286 g/mol. The number of hydrogen-bond acceptors (Lipinski definition) is 3. The molecule has 1 saturated carbocycles. The van der Waals surface area contributed by atoms with E-state index in [4.69, 9.17) is 0 Å². The topological polar surface area (TPSA) is 33.1 Å². The molecule has 4 nitrogen and oxygen atoms in total. The zero-order valence-corrected chi connectivity index (χ0v) is 11.9. The number of aromatic nitrogens is 2. The molecule has 4 rings (SSSR count). The van der Waals surface area contributed by atoms with Crippen molar-refractivity contribution < 1.29 is 4.39 Å². The van der Waals surface area contributed by atoms with Gasteiger partial charge in [0.25, 0.3) is 0 Å². The maximum Gasteiger partial charge on any atom is 0.129 e. The van der Waals surface area contributed by atoms with Gasteiger partial charge in [0.15, 0.2) is 0 Å².